The zero-order valence-corrected chi connectivity index (χ0v) is 29.0. The summed E-state index contributed by atoms with van der Waals surface area (Å²) in [5.74, 6) is -1.57. The fourth-order valence-corrected chi connectivity index (χ4v) is 6.26. The lowest BCUT2D eigenvalue weighted by molar-refractivity contribution is -0.168. The van der Waals surface area contributed by atoms with E-state index in [0.29, 0.717) is 44.6 Å². The van der Waals surface area contributed by atoms with Gasteiger partial charge in [0.1, 0.15) is 11.7 Å². The second-order valence-corrected chi connectivity index (χ2v) is 13.8. The molecule has 0 aromatic heterocycles. The van der Waals surface area contributed by atoms with E-state index in [0.717, 1.165) is 0 Å². The summed E-state index contributed by atoms with van der Waals surface area (Å²) in [5.41, 5.74) is -1.79. The predicted molar refractivity (Wildman–Crippen MR) is 175 cm³/mol. The molecule has 12 nitrogen and oxygen atoms in total. The van der Waals surface area contributed by atoms with Gasteiger partial charge in [0.15, 0.2) is 6.10 Å². The van der Waals surface area contributed by atoms with Crippen molar-refractivity contribution in [3.05, 3.63) is 36.0 Å². The maximum Gasteiger partial charge on any atom is 0.410 e. The number of aliphatic hydroxyl groups is 3. The number of esters is 2. The summed E-state index contributed by atoms with van der Waals surface area (Å²) in [7, 11) is 0. The average Bonchev–Trinajstić information content (AvgIpc) is 3.77. The Hall–Kier alpha value is -2.77. The first-order valence-corrected chi connectivity index (χ1v) is 16.9. The van der Waals surface area contributed by atoms with Gasteiger partial charge in [0.25, 0.3) is 0 Å². The number of nitrogens with one attached hydrogen (secondary N) is 1. The number of hydrogen-bond donors (Lipinski definition) is 4. The number of piperazine rings is 1. The van der Waals surface area contributed by atoms with Crippen molar-refractivity contribution in [3.63, 3.8) is 0 Å². The summed E-state index contributed by atoms with van der Waals surface area (Å²) in [6.45, 7) is 14.4. The van der Waals surface area contributed by atoms with Crippen molar-refractivity contribution in [2.75, 3.05) is 26.2 Å². The zero-order valence-electron chi connectivity index (χ0n) is 29.0. The highest BCUT2D eigenvalue weighted by Crippen LogP contribution is 2.37. The van der Waals surface area contributed by atoms with Crippen molar-refractivity contribution in [1.29, 1.82) is 0 Å². The van der Waals surface area contributed by atoms with E-state index in [9.17, 15) is 29.7 Å². The highest BCUT2D eigenvalue weighted by molar-refractivity contribution is 5.71. The van der Waals surface area contributed by atoms with E-state index in [-0.39, 0.29) is 37.4 Å². The summed E-state index contributed by atoms with van der Waals surface area (Å²) in [6, 6.07) is 0. The molecule has 0 aromatic rings. The molecule has 3 aliphatic rings. The molecule has 0 radical (unpaired) electrons. The van der Waals surface area contributed by atoms with Crippen LogP contribution in [0.5, 0.6) is 0 Å². The van der Waals surface area contributed by atoms with Gasteiger partial charge in [-0.1, -0.05) is 45.1 Å². The Morgan fingerprint density at radius 1 is 1.26 bits per heavy atom. The van der Waals surface area contributed by atoms with Gasteiger partial charge in [-0.15, -0.1) is 0 Å². The van der Waals surface area contributed by atoms with Crippen LogP contribution >= 0.6 is 0 Å². The van der Waals surface area contributed by atoms with E-state index in [1.54, 1.807) is 49.1 Å². The molecule has 4 N–H and O–H groups in total. The zero-order chi connectivity index (χ0) is 34.9. The first-order valence-electron chi connectivity index (χ1n) is 16.9. The van der Waals surface area contributed by atoms with Gasteiger partial charge in [-0.2, -0.15) is 0 Å². The standard InChI is InChI=1S/C35H56N2O10/c1-8-27(40)24(4)32-28(44-32)21-34(6,43)14-9-10-22(2)31-23(3)11-12-29(45-33(42)37-18-16-36-17-19-37)35(7,47-25(5)38)15-13-26(39)20-30(41)46-31/h9-12,14,23-24,26-29,31-32,36,39-40,43H,8,13,15-21H2,1-7H3/b12-11+,14-9+,22-10+/t23-,24+,26+,27-,28+,29-,31+,32+,34?,35+/m0/s1. The van der Waals surface area contributed by atoms with Gasteiger partial charge in [-0.3, -0.25) is 9.59 Å². The largest absolute Gasteiger partial charge is 0.457 e. The third-order valence-corrected chi connectivity index (χ3v) is 9.33. The summed E-state index contributed by atoms with van der Waals surface area (Å²) in [6.07, 6.45) is 5.54. The van der Waals surface area contributed by atoms with Gasteiger partial charge in [0.2, 0.25) is 0 Å². The van der Waals surface area contributed by atoms with Crippen molar-refractivity contribution in [2.24, 2.45) is 11.8 Å². The van der Waals surface area contributed by atoms with Crippen LogP contribution in [0.15, 0.2) is 36.0 Å². The molecular formula is C35H56N2O10. The number of allylic oxidation sites excluding steroid dienone is 2. The number of carbonyl (C=O) groups is 3. The van der Waals surface area contributed by atoms with Crippen LogP contribution in [-0.2, 0) is 28.5 Å². The lowest BCUT2D eigenvalue weighted by Crippen LogP contribution is -2.51. The average molecular weight is 665 g/mol. The maximum absolute atomic E-state index is 13.2. The van der Waals surface area contributed by atoms with Crippen LogP contribution in [0.4, 0.5) is 4.79 Å². The molecule has 0 aromatic carbocycles. The highest BCUT2D eigenvalue weighted by Gasteiger charge is 2.47. The number of carbonyl (C=O) groups excluding carboxylic acids is 3. The van der Waals surface area contributed by atoms with Crippen LogP contribution in [0.2, 0.25) is 0 Å². The minimum absolute atomic E-state index is 0.0205. The molecule has 266 valence electrons. The summed E-state index contributed by atoms with van der Waals surface area (Å²) >= 11 is 0. The first kappa shape index (κ1) is 38.7. The van der Waals surface area contributed by atoms with Crippen molar-refractivity contribution in [2.45, 2.75) is 128 Å². The van der Waals surface area contributed by atoms with Crippen LogP contribution in [0.3, 0.4) is 0 Å². The van der Waals surface area contributed by atoms with E-state index in [1.165, 1.54) is 6.92 Å². The monoisotopic (exact) mass is 664 g/mol. The molecule has 0 bridgehead atoms. The van der Waals surface area contributed by atoms with Crippen LogP contribution < -0.4 is 5.32 Å². The van der Waals surface area contributed by atoms with Crippen molar-refractivity contribution in [1.82, 2.24) is 10.2 Å². The molecule has 3 heterocycles. The lowest BCUT2D eigenvalue weighted by Gasteiger charge is -2.37. The molecule has 2 saturated heterocycles. The molecule has 0 saturated carbocycles. The summed E-state index contributed by atoms with van der Waals surface area (Å²) in [5, 5.41) is 35.1. The van der Waals surface area contributed by atoms with Gasteiger partial charge in [-0.05, 0) is 51.7 Å². The molecule has 12 heteroatoms. The topological polar surface area (TPSA) is 167 Å². The highest BCUT2D eigenvalue weighted by atomic mass is 16.6. The Morgan fingerprint density at radius 3 is 2.57 bits per heavy atom. The molecule has 47 heavy (non-hydrogen) atoms. The van der Waals surface area contributed by atoms with Gasteiger partial charge in [0.05, 0.1) is 36.4 Å². The molecule has 0 spiro atoms. The molecule has 10 atom stereocenters. The van der Waals surface area contributed by atoms with Gasteiger partial charge >= 0.3 is 18.0 Å². The van der Waals surface area contributed by atoms with Crippen LogP contribution in [0, 0.1) is 11.8 Å². The fraction of sp³-hybridized carbons (Fsp3) is 0.743. The first-order chi connectivity index (χ1) is 22.0. The van der Waals surface area contributed by atoms with E-state index in [2.05, 4.69) is 5.32 Å². The molecule has 3 rings (SSSR count). The predicted octanol–water partition coefficient (Wildman–Crippen LogP) is 3.19. The quantitative estimate of drug-likeness (QED) is 0.0891. The van der Waals surface area contributed by atoms with E-state index >= 15 is 0 Å². The molecular weight excluding hydrogens is 608 g/mol. The number of epoxide rings is 1. The minimum Gasteiger partial charge on any atom is -0.457 e. The van der Waals surface area contributed by atoms with Gasteiger partial charge in [-0.25, -0.2) is 4.79 Å². The number of hydrogen-bond acceptors (Lipinski definition) is 11. The number of aliphatic hydroxyl groups excluding tert-OH is 2. The maximum atomic E-state index is 13.2. The number of cyclic esters (lactones) is 1. The smallest absolute Gasteiger partial charge is 0.410 e. The van der Waals surface area contributed by atoms with E-state index in [4.69, 9.17) is 18.9 Å². The second kappa shape index (κ2) is 17.1. The number of nitrogens with zero attached hydrogens (tertiary/aromatic N) is 1. The molecule has 0 aliphatic carbocycles. The van der Waals surface area contributed by atoms with Gasteiger partial charge in [0, 0.05) is 51.4 Å². The van der Waals surface area contributed by atoms with E-state index < -0.39 is 59.6 Å². The third-order valence-electron chi connectivity index (χ3n) is 9.33. The number of rotatable bonds is 10. The minimum atomic E-state index is -1.30. The van der Waals surface area contributed by atoms with Crippen molar-refractivity contribution < 1.29 is 48.7 Å². The number of ether oxygens (including phenoxy) is 4. The fourth-order valence-electron chi connectivity index (χ4n) is 6.26. The molecule has 3 aliphatic heterocycles. The Balaban J connectivity index is 1.82. The van der Waals surface area contributed by atoms with Crippen LogP contribution in [0.1, 0.15) is 80.6 Å². The molecule has 2 fully saturated rings. The molecule has 1 amide bonds. The lowest BCUT2D eigenvalue weighted by atomic mass is 9.88. The summed E-state index contributed by atoms with van der Waals surface area (Å²) < 4.78 is 23.3. The van der Waals surface area contributed by atoms with Crippen molar-refractivity contribution in [3.8, 4) is 0 Å². The Kier molecular flexibility index (Phi) is 14.0. The summed E-state index contributed by atoms with van der Waals surface area (Å²) in [4.78, 5) is 39.9. The van der Waals surface area contributed by atoms with Crippen LogP contribution in [-0.4, -0.2) is 112 Å². The Morgan fingerprint density at radius 2 is 1.94 bits per heavy atom. The van der Waals surface area contributed by atoms with Crippen LogP contribution in [0.25, 0.3) is 0 Å². The van der Waals surface area contributed by atoms with Gasteiger partial charge < -0.3 is 44.5 Å². The number of amides is 1. The second-order valence-electron chi connectivity index (χ2n) is 13.8. The Bertz CT molecular complexity index is 1160. The molecule has 1 unspecified atom stereocenters. The third kappa shape index (κ3) is 11.7. The van der Waals surface area contributed by atoms with E-state index in [1.807, 2.05) is 27.7 Å². The normalized spacial score (nSPS) is 34.2. The SMILES string of the molecule is CC[C@H](O)[C@@H](C)[C@H]1O[C@@H]1CC(C)(O)/C=C/C=C(\C)[C@H]1OC(=O)C[C@H](O)CC[C@@](C)(OC(C)=O)[C@@H](OC(=O)N2CCNCC2)/C=C/[C@@H]1C. The van der Waals surface area contributed by atoms with Crippen molar-refractivity contribution >= 4 is 18.0 Å². The Labute approximate surface area is 279 Å².